The average Bonchev–Trinajstić information content (AvgIpc) is 2.35. The Kier molecular flexibility index (Phi) is 6.91. The van der Waals surface area contributed by atoms with Gasteiger partial charge >= 0.3 is 6.03 Å². The lowest BCUT2D eigenvalue weighted by Crippen LogP contribution is -2.29. The Morgan fingerprint density at radius 3 is 2.45 bits per heavy atom. The zero-order valence-corrected chi connectivity index (χ0v) is 13.0. The molecule has 2 N–H and O–H groups in total. The van der Waals surface area contributed by atoms with Crippen molar-refractivity contribution in [2.75, 3.05) is 11.9 Å². The van der Waals surface area contributed by atoms with Crippen molar-refractivity contribution >= 4 is 27.6 Å². The second-order valence-electron chi connectivity index (χ2n) is 4.77. The summed E-state index contributed by atoms with van der Waals surface area (Å²) in [5.41, 5.74) is 0.705. The van der Waals surface area contributed by atoms with E-state index in [-0.39, 0.29) is 12.5 Å². The van der Waals surface area contributed by atoms with Crippen LogP contribution >= 0.6 is 15.9 Å². The first-order valence-electron chi connectivity index (χ1n) is 6.55. The molecule has 0 aliphatic carbocycles. The summed E-state index contributed by atoms with van der Waals surface area (Å²) in [4.78, 5) is 11.5. The second-order valence-corrected chi connectivity index (χ2v) is 5.68. The minimum Gasteiger partial charge on any atom is -0.338 e. The highest BCUT2D eigenvalue weighted by Crippen LogP contribution is 2.20. The minimum absolute atomic E-state index is 0.0991. The van der Waals surface area contributed by atoms with Gasteiger partial charge in [0.2, 0.25) is 5.92 Å². The van der Waals surface area contributed by atoms with E-state index in [1.54, 1.807) is 12.1 Å². The predicted molar refractivity (Wildman–Crippen MR) is 80.3 cm³/mol. The van der Waals surface area contributed by atoms with E-state index in [9.17, 15) is 13.6 Å². The Bertz CT molecular complexity index is 418. The van der Waals surface area contributed by atoms with E-state index in [2.05, 4.69) is 26.6 Å². The topological polar surface area (TPSA) is 41.1 Å². The Morgan fingerprint density at radius 1 is 1.20 bits per heavy atom. The number of halogens is 3. The molecule has 3 nitrogen and oxygen atoms in total. The van der Waals surface area contributed by atoms with Crippen LogP contribution in [0.1, 0.15) is 32.6 Å². The standard InChI is InChI=1S/C14H19BrF2N2O/c1-14(16,17)9-3-2-4-10-18-13(20)19-12-7-5-11(15)6-8-12/h5-8H,2-4,9-10H2,1H3,(H2,18,19,20). The Hall–Kier alpha value is -1.17. The first kappa shape index (κ1) is 16.9. The minimum atomic E-state index is -2.59. The van der Waals surface area contributed by atoms with Crippen LogP contribution in [-0.2, 0) is 0 Å². The van der Waals surface area contributed by atoms with Crippen molar-refractivity contribution in [3.8, 4) is 0 Å². The van der Waals surface area contributed by atoms with Crippen LogP contribution in [-0.4, -0.2) is 18.5 Å². The van der Waals surface area contributed by atoms with Gasteiger partial charge in [0.25, 0.3) is 0 Å². The Labute approximate surface area is 126 Å². The lowest BCUT2D eigenvalue weighted by Gasteiger charge is -2.10. The van der Waals surface area contributed by atoms with E-state index in [1.165, 1.54) is 0 Å². The monoisotopic (exact) mass is 348 g/mol. The normalized spacial score (nSPS) is 11.2. The highest BCUT2D eigenvalue weighted by atomic mass is 79.9. The third kappa shape index (κ3) is 8.09. The van der Waals surface area contributed by atoms with Gasteiger partial charge in [-0.25, -0.2) is 13.6 Å². The van der Waals surface area contributed by atoms with E-state index >= 15 is 0 Å². The fourth-order valence-corrected chi connectivity index (χ4v) is 1.91. The maximum absolute atomic E-state index is 12.5. The molecule has 112 valence electrons. The number of carbonyl (C=O) groups excluding carboxylic acids is 1. The first-order chi connectivity index (χ1) is 9.37. The second kappa shape index (κ2) is 8.19. The fraction of sp³-hybridized carbons (Fsp3) is 0.500. The van der Waals surface area contributed by atoms with Crippen molar-refractivity contribution in [2.45, 2.75) is 38.5 Å². The molecule has 0 fully saturated rings. The molecule has 0 bridgehead atoms. The number of carbonyl (C=O) groups is 1. The Balaban J connectivity index is 2.10. The first-order valence-corrected chi connectivity index (χ1v) is 7.34. The van der Waals surface area contributed by atoms with Crippen LogP contribution in [0.15, 0.2) is 28.7 Å². The Morgan fingerprint density at radius 2 is 1.85 bits per heavy atom. The molecule has 0 aromatic heterocycles. The van der Waals surface area contributed by atoms with Gasteiger partial charge in [-0.05, 0) is 44.0 Å². The van der Waals surface area contributed by atoms with Gasteiger partial charge in [0.05, 0.1) is 0 Å². The number of urea groups is 1. The molecule has 1 aromatic carbocycles. The fourth-order valence-electron chi connectivity index (χ4n) is 1.65. The number of amides is 2. The lowest BCUT2D eigenvalue weighted by atomic mass is 10.1. The third-order valence-electron chi connectivity index (χ3n) is 2.68. The van der Waals surface area contributed by atoms with E-state index in [4.69, 9.17) is 0 Å². The maximum atomic E-state index is 12.5. The number of anilines is 1. The number of nitrogens with one attached hydrogen (secondary N) is 2. The van der Waals surface area contributed by atoms with Gasteiger partial charge in [-0.3, -0.25) is 0 Å². The molecule has 0 unspecified atom stereocenters. The van der Waals surface area contributed by atoms with Crippen molar-refractivity contribution < 1.29 is 13.6 Å². The van der Waals surface area contributed by atoms with Crippen molar-refractivity contribution in [3.05, 3.63) is 28.7 Å². The third-order valence-corrected chi connectivity index (χ3v) is 3.21. The van der Waals surface area contributed by atoms with Crippen molar-refractivity contribution in [2.24, 2.45) is 0 Å². The molecular weight excluding hydrogens is 330 g/mol. The summed E-state index contributed by atoms with van der Waals surface area (Å²) in [6, 6.07) is 6.95. The van der Waals surface area contributed by atoms with Gasteiger partial charge < -0.3 is 10.6 Å². The van der Waals surface area contributed by atoms with Gasteiger partial charge in [-0.1, -0.05) is 22.4 Å². The van der Waals surface area contributed by atoms with Gasteiger partial charge in [0.1, 0.15) is 0 Å². The quantitative estimate of drug-likeness (QED) is 0.683. The molecule has 0 heterocycles. The molecule has 0 aliphatic rings. The van der Waals surface area contributed by atoms with Crippen LogP contribution in [0.5, 0.6) is 0 Å². The summed E-state index contributed by atoms with van der Waals surface area (Å²) in [6.45, 7) is 1.41. The molecular formula is C14H19BrF2N2O. The molecule has 0 saturated heterocycles. The molecule has 1 rings (SSSR count). The van der Waals surface area contributed by atoms with Crippen LogP contribution in [0.4, 0.5) is 19.3 Å². The van der Waals surface area contributed by atoms with Crippen LogP contribution < -0.4 is 10.6 Å². The molecule has 6 heteroatoms. The van der Waals surface area contributed by atoms with Gasteiger partial charge in [0, 0.05) is 23.1 Å². The number of rotatable bonds is 7. The van der Waals surface area contributed by atoms with Gasteiger partial charge in [0.15, 0.2) is 0 Å². The molecule has 0 aliphatic heterocycles. The molecule has 0 spiro atoms. The number of hydrogen-bond acceptors (Lipinski definition) is 1. The average molecular weight is 349 g/mol. The highest BCUT2D eigenvalue weighted by molar-refractivity contribution is 9.10. The molecule has 0 atom stereocenters. The zero-order valence-electron chi connectivity index (χ0n) is 11.4. The SMILES string of the molecule is CC(F)(F)CCCCCNC(=O)Nc1ccc(Br)cc1. The number of hydrogen-bond donors (Lipinski definition) is 2. The summed E-state index contributed by atoms with van der Waals surface area (Å²) in [5.74, 6) is -2.59. The summed E-state index contributed by atoms with van der Waals surface area (Å²) >= 11 is 3.31. The summed E-state index contributed by atoms with van der Waals surface area (Å²) in [6.07, 6.45) is 1.75. The maximum Gasteiger partial charge on any atom is 0.319 e. The number of unbranched alkanes of at least 4 members (excludes halogenated alkanes) is 2. The van der Waals surface area contributed by atoms with Gasteiger partial charge in [-0.2, -0.15) is 0 Å². The smallest absolute Gasteiger partial charge is 0.319 e. The van der Waals surface area contributed by atoms with Crippen molar-refractivity contribution in [3.63, 3.8) is 0 Å². The molecule has 20 heavy (non-hydrogen) atoms. The summed E-state index contributed by atoms with van der Waals surface area (Å²) in [7, 11) is 0. The molecule has 0 radical (unpaired) electrons. The van der Waals surface area contributed by atoms with Crippen molar-refractivity contribution in [1.82, 2.24) is 5.32 Å². The van der Waals surface area contributed by atoms with E-state index in [0.29, 0.717) is 31.5 Å². The molecule has 0 saturated carbocycles. The van der Waals surface area contributed by atoms with Crippen molar-refractivity contribution in [1.29, 1.82) is 0 Å². The molecule has 1 aromatic rings. The largest absolute Gasteiger partial charge is 0.338 e. The van der Waals surface area contributed by atoms with Crippen LogP contribution in [0.2, 0.25) is 0 Å². The van der Waals surface area contributed by atoms with Crippen LogP contribution in [0, 0.1) is 0 Å². The zero-order chi connectivity index (χ0) is 15.0. The van der Waals surface area contributed by atoms with Crippen LogP contribution in [0.25, 0.3) is 0 Å². The highest BCUT2D eigenvalue weighted by Gasteiger charge is 2.19. The molecule has 2 amide bonds. The van der Waals surface area contributed by atoms with E-state index in [0.717, 1.165) is 11.4 Å². The summed E-state index contributed by atoms with van der Waals surface area (Å²) in [5, 5.41) is 5.39. The van der Waals surface area contributed by atoms with Crippen LogP contribution in [0.3, 0.4) is 0 Å². The predicted octanol–water partition coefficient (Wildman–Crippen LogP) is 4.79. The number of benzene rings is 1. The van der Waals surface area contributed by atoms with E-state index < -0.39 is 5.92 Å². The van der Waals surface area contributed by atoms with Gasteiger partial charge in [-0.15, -0.1) is 0 Å². The summed E-state index contributed by atoms with van der Waals surface area (Å²) < 4.78 is 26.0. The number of alkyl halides is 2. The lowest BCUT2D eigenvalue weighted by molar-refractivity contribution is 0.0104. The van der Waals surface area contributed by atoms with E-state index in [1.807, 2.05) is 12.1 Å².